The second-order valence-electron chi connectivity index (χ2n) is 34.6. The molecule has 0 aliphatic rings. The molecule has 0 fully saturated rings. The van der Waals surface area contributed by atoms with Crippen LogP contribution in [0.3, 0.4) is 0 Å². The molecule has 28 nitrogen and oxygen atoms in total. The lowest BCUT2D eigenvalue weighted by Gasteiger charge is -2.14. The number of hydrogen-bond donors (Lipinski definition) is 2. The van der Waals surface area contributed by atoms with E-state index in [0.29, 0.717) is 40.2 Å². The fraction of sp³-hybridized carbons (Fsp3) is 0.543. The molecular weight excluding hydrogens is 1970 g/mol. The number of nitrogens with one attached hydrogen (secondary N) is 1. The molecule has 0 saturated heterocycles. The van der Waals surface area contributed by atoms with Gasteiger partial charge < -0.3 is 28.7 Å². The van der Waals surface area contributed by atoms with Gasteiger partial charge in [0.25, 0.3) is 5.92 Å². The van der Waals surface area contributed by atoms with Crippen LogP contribution in [0.5, 0.6) is 0 Å². The smallest absolute Gasteiger partial charge is 0.287 e. The van der Waals surface area contributed by atoms with Crippen LogP contribution in [-0.4, -0.2) is 116 Å². The van der Waals surface area contributed by atoms with E-state index in [4.69, 9.17) is 23.4 Å². The average molecular weight is 2110 g/mol. The first-order valence-electron chi connectivity index (χ1n) is 42.8. The molecule has 44 heteroatoms. The number of anilines is 2. The summed E-state index contributed by atoms with van der Waals surface area (Å²) in [6, 6.07) is 0. The van der Waals surface area contributed by atoms with Crippen LogP contribution in [0.15, 0.2) is 57.0 Å². The second-order valence-corrected chi connectivity index (χ2v) is 47.8. The molecule has 752 valence electrons. The zero-order chi connectivity index (χ0) is 104. The third kappa shape index (κ3) is 55.8. The van der Waals surface area contributed by atoms with Gasteiger partial charge in [-0.1, -0.05) is 140 Å². The molecular formula is C92H140F4N24O4S12. The number of halogens is 4. The molecule has 0 aliphatic heterocycles. The summed E-state index contributed by atoms with van der Waals surface area (Å²) >= 11 is 18.1. The molecule has 0 radical (unpaired) electrons. The number of aryl methyl sites for hydroxylation is 25. The molecule has 0 amide bonds. The Hall–Kier alpha value is -8.70. The highest BCUT2D eigenvalue weighted by molar-refractivity contribution is 7.14. The first-order chi connectivity index (χ1) is 62.7. The molecule has 3 N–H and O–H groups in total. The molecule has 0 aliphatic carbocycles. The Bertz CT molecular complexity index is 5090. The van der Waals surface area contributed by atoms with Crippen LogP contribution >= 0.6 is 136 Å². The van der Waals surface area contributed by atoms with E-state index in [1.807, 2.05) is 132 Å². The first-order valence-corrected chi connectivity index (χ1v) is 52.8. The summed E-state index contributed by atoms with van der Waals surface area (Å²) in [6.07, 6.45) is 4.97. The van der Waals surface area contributed by atoms with Gasteiger partial charge in [-0.25, -0.2) is 59.8 Å². The molecule has 0 spiro atoms. The minimum absolute atomic E-state index is 0.0265. The van der Waals surface area contributed by atoms with Gasteiger partial charge in [0.2, 0.25) is 29.5 Å². The third-order valence-corrected chi connectivity index (χ3v) is 25.9. The number of nitrogen functional groups attached to an aromatic ring is 1. The molecule has 16 rings (SSSR count). The van der Waals surface area contributed by atoms with Crippen LogP contribution in [0.4, 0.5) is 28.6 Å². The summed E-state index contributed by atoms with van der Waals surface area (Å²) in [5.41, 5.74) is 14.2. The SMILES string of the molecule is CCc1csc(C)n1.CCc1nc(C(C)(C)C)cs1.CNc1nc(C(C)(C)C)cs1.Cc1coc(C)n1.Cc1nc(C(C)(C)C)cs1.Cc1nc(C(C)(F)F)cs1.Cc1nc(C)c(C)o1.Cc1nc(C)c(C)s1.Cc1nc(C)c(F)s1.Cc1nc(N)ns1.Cc1ncc(F)s1.Cc1nnc(C(C)(C)C)o1.Cc1nnc(C(C)(C)C)s1.Cc1nnc(C)o1.Cc1nnc(C)s1.Cc1nsc(C)n1. The molecule has 16 aromatic rings. The lowest BCUT2D eigenvalue weighted by molar-refractivity contribution is 0.0133. The largest absolute Gasteiger partial charge is 0.449 e. The zero-order valence-corrected chi connectivity index (χ0v) is 96.7. The van der Waals surface area contributed by atoms with E-state index in [1.165, 1.54) is 88.7 Å². The highest BCUT2D eigenvalue weighted by Crippen LogP contribution is 2.30. The van der Waals surface area contributed by atoms with E-state index < -0.39 is 5.92 Å². The first kappa shape index (κ1) is 125. The van der Waals surface area contributed by atoms with Crippen molar-refractivity contribution >= 4 is 148 Å². The van der Waals surface area contributed by atoms with E-state index in [-0.39, 0.29) is 43.0 Å². The Kier molecular flexibility index (Phi) is 56.2. The summed E-state index contributed by atoms with van der Waals surface area (Å²) < 4.78 is 76.7. The molecule has 0 aromatic carbocycles. The Morgan fingerprint density at radius 2 is 0.846 bits per heavy atom. The van der Waals surface area contributed by atoms with Gasteiger partial charge >= 0.3 is 0 Å². The maximum Gasteiger partial charge on any atom is 0.287 e. The van der Waals surface area contributed by atoms with Gasteiger partial charge in [-0.05, 0) is 161 Å². The van der Waals surface area contributed by atoms with Crippen LogP contribution < -0.4 is 11.1 Å². The number of hydrogen-bond acceptors (Lipinski definition) is 40. The fourth-order valence-corrected chi connectivity index (χ4v) is 16.9. The lowest BCUT2D eigenvalue weighted by Crippen LogP contribution is -2.11. The molecule has 136 heavy (non-hydrogen) atoms. The fourth-order valence-electron chi connectivity index (χ4n) is 8.68. The second kappa shape index (κ2) is 61.0. The summed E-state index contributed by atoms with van der Waals surface area (Å²) in [7, 11) is 1.89. The maximum atomic E-state index is 12.4. The third-order valence-electron chi connectivity index (χ3n) is 15.8. The Morgan fingerprint density at radius 1 is 0.368 bits per heavy atom. The number of nitrogens with zero attached hydrogens (tertiary/aromatic N) is 22. The standard InChI is InChI=1S/C9H15NS.C8H14N2S.C8H13NS.C7H12N2O.C7H12N2S.C6H7F2NS.C6H9NO.2C6H9NS.C5H6FNS.C5H7NO.C4H4FNS.C4H6N2O.2C4H6N2S.C3H5N3S/c1-5-8-10-7(6-11-8)9(2,3)4;1-8(2,3)6-5-11-7(9-4)10-6;1-6-9-7(5-10-6)8(2,3)4;2*1-5-8-9-6(10-5)7(2,3)4;1-4-9-5(3-10-4)6(2,7)8;2*1-4-5(2)8-6(3)7-4;1-3-6-4-8-5(2)7-6;1-3-5(6)8-4(2)7-3;1-4-3-7-5(2)6-4;1-3-6-2-4(5)7-3;2*1-3-5-6-4(2)7-3;1-3-5-4(2)7-6-3;1-2-5-3(4)6-7-2/h6H,5H2,1-4H3;5H,1-4H3,(H,9,10);5H,1-4H3;2*1-4H3;3H,1-2H3;2*1-3H3;4H,3H2,1-2H3;1-2H3;3H,1-2H3;2H,1H3;3*1-2H3;1H3,(H2,4,6). The van der Waals surface area contributed by atoms with Gasteiger partial charge in [0.05, 0.1) is 86.8 Å². The molecule has 16 aromatic heterocycles. The molecule has 0 unspecified atom stereocenters. The highest BCUT2D eigenvalue weighted by Gasteiger charge is 2.27. The normalized spacial score (nSPS) is 10.7. The Balaban J connectivity index is 0.000000727. The van der Waals surface area contributed by atoms with Gasteiger partial charge in [0, 0.05) is 107 Å². The number of rotatable bonds is 4. The van der Waals surface area contributed by atoms with Gasteiger partial charge in [0.1, 0.15) is 53.6 Å². The average Bonchev–Trinajstić information content (AvgIpc) is 1.72. The highest BCUT2D eigenvalue weighted by atomic mass is 32.1. The number of nitrogens with two attached hydrogens (primary N) is 1. The lowest BCUT2D eigenvalue weighted by atomic mass is 9.93. The summed E-state index contributed by atoms with van der Waals surface area (Å²) in [5, 5.41) is 57.1. The van der Waals surface area contributed by atoms with Crippen LogP contribution in [0.1, 0.15) is 293 Å². The molecule has 0 saturated carbocycles. The van der Waals surface area contributed by atoms with Crippen molar-refractivity contribution in [3.05, 3.63) is 218 Å². The molecule has 0 bridgehead atoms. The van der Waals surface area contributed by atoms with Crippen molar-refractivity contribution < 1.29 is 35.2 Å². The number of oxazole rings is 2. The van der Waals surface area contributed by atoms with Gasteiger partial charge in [-0.2, -0.15) is 26.3 Å². The van der Waals surface area contributed by atoms with Crippen molar-refractivity contribution in [2.45, 2.75) is 330 Å². The van der Waals surface area contributed by atoms with Crippen molar-refractivity contribution in [3.8, 4) is 0 Å². The molecule has 0 atom stereocenters. The summed E-state index contributed by atoms with van der Waals surface area (Å²) in [5.74, 6) is 3.44. The monoisotopic (exact) mass is 2100 g/mol. The number of aromatic nitrogens is 22. The Labute approximate surface area is 850 Å². The van der Waals surface area contributed by atoms with Crippen molar-refractivity contribution in [1.82, 2.24) is 109 Å². The Morgan fingerprint density at radius 3 is 1.02 bits per heavy atom. The van der Waals surface area contributed by atoms with Crippen molar-refractivity contribution in [1.29, 1.82) is 0 Å². The molecule has 16 heterocycles. The van der Waals surface area contributed by atoms with Crippen LogP contribution in [-0.2, 0) is 45.8 Å². The van der Waals surface area contributed by atoms with E-state index in [1.54, 1.807) is 134 Å². The van der Waals surface area contributed by atoms with E-state index in [2.05, 4.69) is 240 Å². The van der Waals surface area contributed by atoms with Crippen molar-refractivity contribution in [3.63, 3.8) is 0 Å². The predicted molar refractivity (Wildman–Crippen MR) is 563 cm³/mol. The summed E-state index contributed by atoms with van der Waals surface area (Å²) in [4.78, 5) is 50.1. The van der Waals surface area contributed by atoms with Crippen molar-refractivity contribution in [2.75, 3.05) is 18.1 Å². The van der Waals surface area contributed by atoms with E-state index in [0.717, 1.165) is 133 Å². The van der Waals surface area contributed by atoms with Gasteiger partial charge in [-0.3, -0.25) is 0 Å². The van der Waals surface area contributed by atoms with Crippen molar-refractivity contribution in [2.24, 2.45) is 0 Å². The predicted octanol–water partition coefficient (Wildman–Crippen LogP) is 28.5. The van der Waals surface area contributed by atoms with Crippen LogP contribution in [0, 0.1) is 170 Å². The topological polar surface area (TPSA) is 374 Å². The summed E-state index contributed by atoms with van der Waals surface area (Å²) in [6.45, 7) is 80.8. The minimum Gasteiger partial charge on any atom is -0.449 e. The minimum atomic E-state index is -2.79. The zero-order valence-electron chi connectivity index (χ0n) is 86.9. The van der Waals surface area contributed by atoms with E-state index in [9.17, 15) is 17.6 Å². The van der Waals surface area contributed by atoms with Gasteiger partial charge in [-0.15, -0.1) is 131 Å². The maximum absolute atomic E-state index is 12.4. The quantitative estimate of drug-likeness (QED) is 0.155. The number of thiazole rings is 8. The van der Waals surface area contributed by atoms with Crippen LogP contribution in [0.25, 0.3) is 0 Å². The number of alkyl halides is 2. The van der Waals surface area contributed by atoms with Gasteiger partial charge in [0.15, 0.2) is 27.2 Å². The van der Waals surface area contributed by atoms with E-state index >= 15 is 0 Å². The van der Waals surface area contributed by atoms with Crippen LogP contribution in [0.2, 0.25) is 0 Å².